The maximum absolute atomic E-state index is 12.2. The van der Waals surface area contributed by atoms with Crippen LogP contribution < -0.4 is 10.5 Å². The molecule has 0 fully saturated rings. The van der Waals surface area contributed by atoms with Gasteiger partial charge in [0.15, 0.2) is 4.90 Å². The molecular formula is C11H18N4O4S. The number of likely N-dealkylation sites (N-methyl/N-ethyl adjacent to an activating group) is 1. The standard InChI is InChI=1S/C11H18N4O4S/c1-8(7-14(2)3)13-20(18,19)10-6-4-5-9(12)11(10)15(16)17/h4-6,8,13H,7,12H2,1-3H3. The van der Waals surface area contributed by atoms with Crippen molar-refractivity contribution in [3.8, 4) is 0 Å². The van der Waals surface area contributed by atoms with Crippen molar-refractivity contribution in [1.29, 1.82) is 0 Å². The number of nitrogens with one attached hydrogen (secondary N) is 1. The summed E-state index contributed by atoms with van der Waals surface area (Å²) in [5, 5.41) is 11.0. The van der Waals surface area contributed by atoms with Crippen molar-refractivity contribution >= 4 is 21.4 Å². The van der Waals surface area contributed by atoms with Crippen molar-refractivity contribution in [3.63, 3.8) is 0 Å². The molecule has 0 aliphatic carbocycles. The van der Waals surface area contributed by atoms with Gasteiger partial charge in [-0.25, -0.2) is 13.1 Å². The van der Waals surface area contributed by atoms with Gasteiger partial charge in [0.1, 0.15) is 5.69 Å². The first kappa shape index (κ1) is 16.3. The van der Waals surface area contributed by atoms with Crippen LogP contribution in [0.3, 0.4) is 0 Å². The Kier molecular flexibility index (Phi) is 5.03. The highest BCUT2D eigenvalue weighted by Gasteiger charge is 2.29. The predicted octanol–water partition coefficient (Wildman–Crippen LogP) is 0.405. The molecule has 1 aromatic carbocycles. The van der Waals surface area contributed by atoms with E-state index in [0.717, 1.165) is 0 Å². The molecule has 8 nitrogen and oxygen atoms in total. The molecular weight excluding hydrogens is 284 g/mol. The highest BCUT2D eigenvalue weighted by molar-refractivity contribution is 7.89. The fraction of sp³-hybridized carbons (Fsp3) is 0.455. The molecule has 0 heterocycles. The summed E-state index contributed by atoms with van der Waals surface area (Å²) in [4.78, 5) is 11.6. The normalized spacial score (nSPS) is 13.4. The number of para-hydroxylation sites is 1. The third-order valence-electron chi connectivity index (χ3n) is 2.50. The van der Waals surface area contributed by atoms with Gasteiger partial charge in [-0.05, 0) is 33.2 Å². The molecule has 1 aromatic rings. The van der Waals surface area contributed by atoms with Crippen LogP contribution in [0, 0.1) is 10.1 Å². The van der Waals surface area contributed by atoms with Gasteiger partial charge in [0.05, 0.1) is 4.92 Å². The molecule has 0 spiro atoms. The van der Waals surface area contributed by atoms with Crippen molar-refractivity contribution in [3.05, 3.63) is 28.3 Å². The summed E-state index contributed by atoms with van der Waals surface area (Å²) in [7, 11) is -0.403. The fourth-order valence-electron chi connectivity index (χ4n) is 1.86. The summed E-state index contributed by atoms with van der Waals surface area (Å²) < 4.78 is 26.8. The van der Waals surface area contributed by atoms with Crippen molar-refractivity contribution in [1.82, 2.24) is 9.62 Å². The number of hydrogen-bond donors (Lipinski definition) is 2. The van der Waals surface area contributed by atoms with Gasteiger partial charge >= 0.3 is 5.69 Å². The van der Waals surface area contributed by atoms with E-state index in [0.29, 0.717) is 6.54 Å². The molecule has 20 heavy (non-hydrogen) atoms. The van der Waals surface area contributed by atoms with E-state index in [-0.39, 0.29) is 5.69 Å². The summed E-state index contributed by atoms with van der Waals surface area (Å²) >= 11 is 0. The molecule has 1 rings (SSSR count). The topological polar surface area (TPSA) is 119 Å². The number of benzene rings is 1. The Morgan fingerprint density at radius 3 is 2.55 bits per heavy atom. The molecule has 112 valence electrons. The minimum Gasteiger partial charge on any atom is -0.393 e. The Bertz CT molecular complexity index is 600. The van der Waals surface area contributed by atoms with Crippen LogP contribution in [-0.2, 0) is 10.0 Å². The Morgan fingerprint density at radius 2 is 2.05 bits per heavy atom. The SMILES string of the molecule is CC(CN(C)C)NS(=O)(=O)c1cccc(N)c1[N+](=O)[O-]. The van der Waals surface area contributed by atoms with E-state index in [1.165, 1.54) is 18.2 Å². The first-order valence-electron chi connectivity index (χ1n) is 5.85. The van der Waals surface area contributed by atoms with Crippen molar-refractivity contribution < 1.29 is 13.3 Å². The van der Waals surface area contributed by atoms with Gasteiger partial charge in [-0.1, -0.05) is 6.07 Å². The second-order valence-corrected chi connectivity index (χ2v) is 6.42. The molecule has 0 aliphatic rings. The zero-order valence-corrected chi connectivity index (χ0v) is 12.3. The van der Waals surface area contributed by atoms with Crippen LogP contribution in [0.2, 0.25) is 0 Å². The Labute approximate surface area is 117 Å². The largest absolute Gasteiger partial charge is 0.393 e. The van der Waals surface area contributed by atoms with E-state index >= 15 is 0 Å². The highest BCUT2D eigenvalue weighted by Crippen LogP contribution is 2.29. The molecule has 0 saturated carbocycles. The number of nitro benzene ring substituents is 1. The first-order chi connectivity index (χ1) is 9.15. The summed E-state index contributed by atoms with van der Waals surface area (Å²) in [5.41, 5.74) is 4.71. The number of nitro groups is 1. The van der Waals surface area contributed by atoms with Crippen molar-refractivity contribution in [2.24, 2.45) is 0 Å². The number of nitrogens with two attached hydrogens (primary N) is 1. The van der Waals surface area contributed by atoms with Crippen LogP contribution in [-0.4, -0.2) is 44.9 Å². The van der Waals surface area contributed by atoms with Gasteiger partial charge in [0.25, 0.3) is 0 Å². The van der Waals surface area contributed by atoms with Gasteiger partial charge in [-0.15, -0.1) is 0 Å². The van der Waals surface area contributed by atoms with E-state index in [4.69, 9.17) is 5.73 Å². The number of nitrogen functional groups attached to an aromatic ring is 1. The monoisotopic (exact) mass is 302 g/mol. The summed E-state index contributed by atoms with van der Waals surface area (Å²) in [6.07, 6.45) is 0. The zero-order chi connectivity index (χ0) is 15.5. The van der Waals surface area contributed by atoms with Gasteiger partial charge in [-0.3, -0.25) is 10.1 Å². The van der Waals surface area contributed by atoms with Gasteiger partial charge < -0.3 is 10.6 Å². The van der Waals surface area contributed by atoms with Crippen LogP contribution >= 0.6 is 0 Å². The second kappa shape index (κ2) is 6.16. The molecule has 9 heteroatoms. The van der Waals surface area contributed by atoms with E-state index < -0.39 is 31.6 Å². The molecule has 0 amide bonds. The molecule has 1 atom stereocenters. The quantitative estimate of drug-likeness (QED) is 0.446. The average Bonchev–Trinajstić information content (AvgIpc) is 2.25. The molecule has 0 aromatic heterocycles. The Morgan fingerprint density at radius 1 is 1.45 bits per heavy atom. The van der Waals surface area contributed by atoms with Crippen molar-refractivity contribution in [2.45, 2.75) is 17.9 Å². The zero-order valence-electron chi connectivity index (χ0n) is 11.5. The number of anilines is 1. The summed E-state index contributed by atoms with van der Waals surface area (Å²) in [6.45, 7) is 2.14. The van der Waals surface area contributed by atoms with E-state index in [2.05, 4.69) is 4.72 Å². The first-order valence-corrected chi connectivity index (χ1v) is 7.33. The Hall–Kier alpha value is -1.71. The summed E-state index contributed by atoms with van der Waals surface area (Å²) in [5.74, 6) is 0. The van der Waals surface area contributed by atoms with Gasteiger partial charge in [-0.2, -0.15) is 0 Å². The maximum Gasteiger partial charge on any atom is 0.312 e. The molecule has 0 saturated heterocycles. The van der Waals surface area contributed by atoms with Crippen LogP contribution in [0.25, 0.3) is 0 Å². The smallest absolute Gasteiger partial charge is 0.312 e. The lowest BCUT2D eigenvalue weighted by atomic mass is 10.3. The van der Waals surface area contributed by atoms with E-state index in [1.807, 2.05) is 0 Å². The molecule has 0 radical (unpaired) electrons. The highest BCUT2D eigenvalue weighted by atomic mass is 32.2. The minimum absolute atomic E-state index is 0.182. The molecule has 1 unspecified atom stereocenters. The second-order valence-electron chi connectivity index (χ2n) is 4.74. The fourth-order valence-corrected chi connectivity index (χ4v) is 3.30. The summed E-state index contributed by atoms with van der Waals surface area (Å²) in [6, 6.07) is 3.43. The maximum atomic E-state index is 12.2. The molecule has 0 bridgehead atoms. The number of sulfonamides is 1. The Balaban J connectivity index is 3.17. The van der Waals surface area contributed by atoms with Crippen LogP contribution in [0.15, 0.2) is 23.1 Å². The van der Waals surface area contributed by atoms with E-state index in [9.17, 15) is 18.5 Å². The number of nitrogens with zero attached hydrogens (tertiary/aromatic N) is 2. The van der Waals surface area contributed by atoms with Crippen LogP contribution in [0.1, 0.15) is 6.92 Å². The lowest BCUT2D eigenvalue weighted by Gasteiger charge is -2.18. The van der Waals surface area contributed by atoms with Crippen LogP contribution in [0.5, 0.6) is 0 Å². The lowest BCUT2D eigenvalue weighted by molar-refractivity contribution is -0.386. The number of hydrogen-bond acceptors (Lipinski definition) is 6. The third kappa shape index (κ3) is 3.89. The number of rotatable bonds is 6. The molecule has 3 N–H and O–H groups in total. The minimum atomic E-state index is -4.00. The van der Waals surface area contributed by atoms with E-state index in [1.54, 1.807) is 25.9 Å². The average molecular weight is 302 g/mol. The van der Waals surface area contributed by atoms with Crippen molar-refractivity contribution in [2.75, 3.05) is 26.4 Å². The van der Waals surface area contributed by atoms with Gasteiger partial charge in [0, 0.05) is 12.6 Å². The predicted molar refractivity (Wildman–Crippen MR) is 75.8 cm³/mol. The lowest BCUT2D eigenvalue weighted by Crippen LogP contribution is -2.39. The third-order valence-corrected chi connectivity index (χ3v) is 4.12. The molecule has 0 aliphatic heterocycles. The van der Waals surface area contributed by atoms with Crippen LogP contribution in [0.4, 0.5) is 11.4 Å². The van der Waals surface area contributed by atoms with Gasteiger partial charge in [0.2, 0.25) is 10.0 Å².